The van der Waals surface area contributed by atoms with Crippen LogP contribution >= 0.6 is 28.1 Å². The first kappa shape index (κ1) is 23.8. The highest BCUT2D eigenvalue weighted by Gasteiger charge is 2.12. The van der Waals surface area contributed by atoms with Gasteiger partial charge in [-0.2, -0.15) is 0 Å². The van der Waals surface area contributed by atoms with Crippen molar-refractivity contribution in [2.75, 3.05) is 11.9 Å². The molecule has 8 heteroatoms. The van der Waals surface area contributed by atoms with Crippen molar-refractivity contribution in [3.8, 4) is 5.75 Å². The Balaban J connectivity index is 1.97. The van der Waals surface area contributed by atoms with Crippen LogP contribution in [0.5, 0.6) is 5.75 Å². The highest BCUT2D eigenvalue weighted by atomic mass is 79.9. The lowest BCUT2D eigenvalue weighted by Gasteiger charge is -2.13. The number of thiocarbonyl (C=S) groups is 1. The number of benzene rings is 2. The monoisotopic (exact) mass is 491 g/mol. The van der Waals surface area contributed by atoms with Gasteiger partial charge in [-0.05, 0) is 84.8 Å². The number of carbonyl (C=O) groups is 2. The highest BCUT2D eigenvalue weighted by Crippen LogP contribution is 2.26. The molecule has 0 unspecified atom stereocenters. The van der Waals surface area contributed by atoms with Crippen LogP contribution in [0.1, 0.15) is 54.3 Å². The maximum Gasteiger partial charge on any atom is 0.257 e. The number of anilines is 1. The summed E-state index contributed by atoms with van der Waals surface area (Å²) < 4.78 is 6.38. The quantitative estimate of drug-likeness (QED) is 0.361. The van der Waals surface area contributed by atoms with Crippen molar-refractivity contribution in [1.82, 2.24) is 10.6 Å². The Bertz CT molecular complexity index is 918. The van der Waals surface area contributed by atoms with Crippen LogP contribution in [-0.4, -0.2) is 29.6 Å². The number of hydrogen-bond acceptors (Lipinski definition) is 4. The third kappa shape index (κ3) is 7.42. The number of nitrogens with one attached hydrogen (secondary N) is 3. The Labute approximate surface area is 190 Å². The van der Waals surface area contributed by atoms with Crippen LogP contribution in [0.2, 0.25) is 0 Å². The van der Waals surface area contributed by atoms with E-state index in [1.807, 2.05) is 13.8 Å². The van der Waals surface area contributed by atoms with E-state index in [1.165, 1.54) is 0 Å². The molecule has 0 spiro atoms. The van der Waals surface area contributed by atoms with Crippen LogP contribution in [0.4, 0.5) is 5.69 Å². The maximum absolute atomic E-state index is 12.5. The molecule has 0 aromatic heterocycles. The molecule has 0 aliphatic heterocycles. The molecule has 0 atom stereocenters. The van der Waals surface area contributed by atoms with Crippen molar-refractivity contribution in [3.63, 3.8) is 0 Å². The van der Waals surface area contributed by atoms with E-state index in [9.17, 15) is 9.59 Å². The van der Waals surface area contributed by atoms with Crippen molar-refractivity contribution in [3.05, 3.63) is 58.1 Å². The van der Waals surface area contributed by atoms with E-state index in [-0.39, 0.29) is 23.0 Å². The third-order valence-corrected chi connectivity index (χ3v) is 4.80. The summed E-state index contributed by atoms with van der Waals surface area (Å²) in [4.78, 5) is 24.6. The van der Waals surface area contributed by atoms with Gasteiger partial charge in [0.15, 0.2) is 5.11 Å². The summed E-state index contributed by atoms with van der Waals surface area (Å²) in [5.74, 6) is 0.175. The van der Waals surface area contributed by atoms with Crippen molar-refractivity contribution in [1.29, 1.82) is 0 Å². The molecule has 2 amide bonds. The first-order chi connectivity index (χ1) is 14.3. The molecule has 0 saturated heterocycles. The van der Waals surface area contributed by atoms with E-state index in [4.69, 9.17) is 17.0 Å². The van der Waals surface area contributed by atoms with Gasteiger partial charge < -0.3 is 15.4 Å². The topological polar surface area (TPSA) is 79.5 Å². The molecule has 2 rings (SSSR count). The zero-order chi connectivity index (χ0) is 22.1. The van der Waals surface area contributed by atoms with Crippen molar-refractivity contribution >= 4 is 50.8 Å². The van der Waals surface area contributed by atoms with Crippen LogP contribution < -0.4 is 20.7 Å². The predicted molar refractivity (Wildman–Crippen MR) is 127 cm³/mol. The van der Waals surface area contributed by atoms with Gasteiger partial charge in [-0.1, -0.05) is 19.4 Å². The largest absolute Gasteiger partial charge is 0.492 e. The third-order valence-electron chi connectivity index (χ3n) is 3.98. The fraction of sp³-hybridized carbons (Fsp3) is 0.318. The minimum absolute atomic E-state index is 0.0391. The number of carbonyl (C=O) groups excluding carboxylic acids is 2. The van der Waals surface area contributed by atoms with Gasteiger partial charge in [-0.25, -0.2) is 0 Å². The molecule has 0 saturated carbocycles. The number of hydrogen-bond donors (Lipinski definition) is 3. The Morgan fingerprint density at radius 1 is 1.10 bits per heavy atom. The van der Waals surface area contributed by atoms with E-state index in [2.05, 4.69) is 38.8 Å². The zero-order valence-corrected chi connectivity index (χ0v) is 19.7. The van der Waals surface area contributed by atoms with E-state index < -0.39 is 0 Å². The van der Waals surface area contributed by atoms with Crippen molar-refractivity contribution in [2.45, 2.75) is 39.7 Å². The number of rotatable bonds is 8. The summed E-state index contributed by atoms with van der Waals surface area (Å²) >= 11 is 8.68. The molecule has 0 aliphatic carbocycles. The molecule has 30 heavy (non-hydrogen) atoms. The SMILES string of the molecule is CCCCOc1ccc(C(=O)NC(=S)Nc2cccc(C(=O)NC(C)C)c2)cc1Br. The van der Waals surface area contributed by atoms with Crippen LogP contribution in [0, 0.1) is 0 Å². The second kappa shape index (κ2) is 11.7. The second-order valence-electron chi connectivity index (χ2n) is 6.96. The molecule has 0 fully saturated rings. The van der Waals surface area contributed by atoms with Gasteiger partial charge in [-0.3, -0.25) is 14.9 Å². The lowest BCUT2D eigenvalue weighted by atomic mass is 10.2. The van der Waals surface area contributed by atoms with Crippen LogP contribution in [-0.2, 0) is 0 Å². The molecule has 2 aromatic carbocycles. The van der Waals surface area contributed by atoms with Crippen molar-refractivity contribution < 1.29 is 14.3 Å². The van der Waals surface area contributed by atoms with Gasteiger partial charge in [0.1, 0.15) is 5.75 Å². The van der Waals surface area contributed by atoms with Crippen LogP contribution in [0.25, 0.3) is 0 Å². The minimum atomic E-state index is -0.345. The zero-order valence-electron chi connectivity index (χ0n) is 17.3. The van der Waals surface area contributed by atoms with Crippen LogP contribution in [0.15, 0.2) is 46.9 Å². The fourth-order valence-electron chi connectivity index (χ4n) is 2.51. The predicted octanol–water partition coefficient (Wildman–Crippen LogP) is 4.89. The number of unbranched alkanes of at least 4 members (excludes halogenated alkanes) is 1. The first-order valence-electron chi connectivity index (χ1n) is 9.75. The Kier molecular flexibility index (Phi) is 9.26. The molecular weight excluding hydrogens is 466 g/mol. The summed E-state index contributed by atoms with van der Waals surface area (Å²) in [5.41, 5.74) is 1.56. The van der Waals surface area contributed by atoms with E-state index in [1.54, 1.807) is 42.5 Å². The molecule has 0 aliphatic rings. The van der Waals surface area contributed by atoms with Gasteiger partial charge in [-0.15, -0.1) is 0 Å². The average molecular weight is 492 g/mol. The number of amides is 2. The molecule has 0 bridgehead atoms. The molecule has 6 nitrogen and oxygen atoms in total. The highest BCUT2D eigenvalue weighted by molar-refractivity contribution is 9.10. The van der Waals surface area contributed by atoms with Gasteiger partial charge in [0.2, 0.25) is 0 Å². The summed E-state index contributed by atoms with van der Waals surface area (Å²) in [6, 6.07) is 12.1. The average Bonchev–Trinajstić information content (AvgIpc) is 2.68. The van der Waals surface area contributed by atoms with Crippen molar-refractivity contribution in [2.24, 2.45) is 0 Å². The van der Waals surface area contributed by atoms with E-state index >= 15 is 0 Å². The molecule has 0 heterocycles. The Hall–Kier alpha value is -2.45. The summed E-state index contributed by atoms with van der Waals surface area (Å²) in [7, 11) is 0. The van der Waals surface area contributed by atoms with E-state index in [0.29, 0.717) is 33.6 Å². The number of halogens is 1. The fourth-order valence-corrected chi connectivity index (χ4v) is 3.21. The lowest BCUT2D eigenvalue weighted by molar-refractivity contribution is 0.0941. The summed E-state index contributed by atoms with van der Waals surface area (Å²) in [5, 5.41) is 8.55. The molecule has 0 radical (unpaired) electrons. The number of ether oxygens (including phenoxy) is 1. The first-order valence-corrected chi connectivity index (χ1v) is 11.0. The second-order valence-corrected chi connectivity index (χ2v) is 8.23. The minimum Gasteiger partial charge on any atom is -0.492 e. The normalized spacial score (nSPS) is 10.4. The molecular formula is C22H26BrN3O3S. The summed E-state index contributed by atoms with van der Waals surface area (Å²) in [6.07, 6.45) is 2.02. The van der Waals surface area contributed by atoms with Gasteiger partial charge in [0, 0.05) is 22.9 Å². The molecule has 160 valence electrons. The summed E-state index contributed by atoms with van der Waals surface area (Å²) in [6.45, 7) is 6.52. The Morgan fingerprint density at radius 3 is 2.50 bits per heavy atom. The van der Waals surface area contributed by atoms with Crippen LogP contribution in [0.3, 0.4) is 0 Å². The van der Waals surface area contributed by atoms with Gasteiger partial charge in [0.05, 0.1) is 11.1 Å². The van der Waals surface area contributed by atoms with E-state index in [0.717, 1.165) is 12.8 Å². The Morgan fingerprint density at radius 2 is 1.83 bits per heavy atom. The molecule has 2 aromatic rings. The lowest BCUT2D eigenvalue weighted by Crippen LogP contribution is -2.34. The smallest absolute Gasteiger partial charge is 0.257 e. The maximum atomic E-state index is 12.5. The molecule has 3 N–H and O–H groups in total. The standard InChI is InChI=1S/C22H26BrN3O3S/c1-4-5-11-29-19-10-9-16(13-18(19)23)21(28)26-22(30)25-17-8-6-7-15(12-17)20(27)24-14(2)3/h6-10,12-14H,4-5,11H2,1-3H3,(H,24,27)(H2,25,26,28,30). The van der Waals surface area contributed by atoms with Gasteiger partial charge in [0.25, 0.3) is 11.8 Å². The van der Waals surface area contributed by atoms with Gasteiger partial charge >= 0.3 is 0 Å².